The second-order valence-corrected chi connectivity index (χ2v) is 8.44. The van der Waals surface area contributed by atoms with E-state index < -0.39 is 16.0 Å². The highest BCUT2D eigenvalue weighted by molar-refractivity contribution is 9.11. The van der Waals surface area contributed by atoms with Gasteiger partial charge in [0.15, 0.2) is 0 Å². The summed E-state index contributed by atoms with van der Waals surface area (Å²) in [4.78, 5) is 12.3. The lowest BCUT2D eigenvalue weighted by Crippen LogP contribution is -2.13. The third-order valence-corrected chi connectivity index (χ3v) is 5.86. The van der Waals surface area contributed by atoms with E-state index in [9.17, 15) is 13.2 Å². The molecule has 0 bridgehead atoms. The van der Waals surface area contributed by atoms with Crippen molar-refractivity contribution in [2.24, 2.45) is 0 Å². The van der Waals surface area contributed by atoms with Gasteiger partial charge in [0.2, 0.25) is 0 Å². The lowest BCUT2D eigenvalue weighted by Gasteiger charge is -2.08. The second-order valence-electron chi connectivity index (χ2n) is 4.15. The summed E-state index contributed by atoms with van der Waals surface area (Å²) in [6, 6.07) is 7.68. The van der Waals surface area contributed by atoms with Crippen molar-refractivity contribution < 1.29 is 17.9 Å². The number of sulfonamides is 1. The van der Waals surface area contributed by atoms with Crippen LogP contribution in [0, 0.1) is 6.92 Å². The van der Waals surface area contributed by atoms with Crippen LogP contribution < -0.4 is 4.72 Å². The molecule has 0 saturated heterocycles. The number of esters is 1. The van der Waals surface area contributed by atoms with Crippen LogP contribution in [0.15, 0.2) is 39.0 Å². The fourth-order valence-corrected chi connectivity index (χ4v) is 5.20. The number of hydrogen-bond donors (Lipinski definition) is 1. The summed E-state index contributed by atoms with van der Waals surface area (Å²) in [5.74, 6) is -0.523. The van der Waals surface area contributed by atoms with Crippen LogP contribution in [0.4, 0.5) is 5.69 Å². The number of rotatable bonds is 4. The Morgan fingerprint density at radius 2 is 2.05 bits per heavy atom. The predicted molar refractivity (Wildman–Crippen MR) is 85.3 cm³/mol. The first-order chi connectivity index (χ1) is 9.83. The van der Waals surface area contributed by atoms with Crippen LogP contribution in [0.1, 0.15) is 15.2 Å². The van der Waals surface area contributed by atoms with Gasteiger partial charge in [-0.25, -0.2) is 13.2 Å². The Labute approximate surface area is 135 Å². The van der Waals surface area contributed by atoms with Crippen LogP contribution in [-0.4, -0.2) is 21.5 Å². The van der Waals surface area contributed by atoms with Gasteiger partial charge in [-0.2, -0.15) is 0 Å². The van der Waals surface area contributed by atoms with Gasteiger partial charge in [0, 0.05) is 10.6 Å². The molecule has 0 aliphatic carbocycles. The minimum atomic E-state index is -3.69. The van der Waals surface area contributed by atoms with Gasteiger partial charge < -0.3 is 4.74 Å². The summed E-state index contributed by atoms with van der Waals surface area (Å²) in [5, 5.41) is 0. The van der Waals surface area contributed by atoms with Crippen molar-refractivity contribution in [1.82, 2.24) is 0 Å². The van der Waals surface area contributed by atoms with E-state index in [2.05, 4.69) is 25.4 Å². The molecule has 1 N–H and O–H groups in total. The van der Waals surface area contributed by atoms with Crippen molar-refractivity contribution in [1.29, 1.82) is 0 Å². The average Bonchev–Trinajstić information content (AvgIpc) is 2.77. The van der Waals surface area contributed by atoms with Crippen molar-refractivity contribution in [2.45, 2.75) is 11.8 Å². The van der Waals surface area contributed by atoms with Crippen LogP contribution in [0.25, 0.3) is 0 Å². The van der Waals surface area contributed by atoms with Crippen molar-refractivity contribution in [3.63, 3.8) is 0 Å². The summed E-state index contributed by atoms with van der Waals surface area (Å²) >= 11 is 4.61. The Balaban J connectivity index is 2.33. The molecule has 21 heavy (non-hydrogen) atoms. The maximum atomic E-state index is 12.3. The number of nitrogens with one attached hydrogen (secondary N) is 1. The molecule has 112 valence electrons. The fourth-order valence-electron chi connectivity index (χ4n) is 1.74. The first kappa shape index (κ1) is 16.0. The standard InChI is InChI=1S/C13H12BrNO4S2/c1-8-11(7-12(14)20-8)21(17,18)15-10-5-3-4-9(6-10)13(16)19-2/h3-7,15H,1-2H3. The molecule has 1 heterocycles. The Kier molecular flexibility index (Phi) is 4.70. The Morgan fingerprint density at radius 3 is 2.62 bits per heavy atom. The minimum Gasteiger partial charge on any atom is -0.465 e. The quantitative estimate of drug-likeness (QED) is 0.813. The molecule has 1 aromatic carbocycles. The molecule has 0 fully saturated rings. The molecule has 0 aliphatic rings. The lowest BCUT2D eigenvalue weighted by molar-refractivity contribution is 0.0601. The van der Waals surface area contributed by atoms with Crippen molar-refractivity contribution in [3.8, 4) is 0 Å². The molecule has 5 nitrogen and oxygen atoms in total. The van der Waals surface area contributed by atoms with E-state index in [1.807, 2.05) is 0 Å². The number of halogens is 1. The van der Waals surface area contributed by atoms with Gasteiger partial charge in [-0.15, -0.1) is 11.3 Å². The number of thiophene rings is 1. The second kappa shape index (κ2) is 6.17. The van der Waals surface area contributed by atoms with Gasteiger partial charge in [0.25, 0.3) is 10.0 Å². The van der Waals surface area contributed by atoms with Crippen LogP contribution in [0.5, 0.6) is 0 Å². The number of carbonyl (C=O) groups excluding carboxylic acids is 1. The lowest BCUT2D eigenvalue weighted by atomic mass is 10.2. The average molecular weight is 390 g/mol. The maximum absolute atomic E-state index is 12.3. The van der Waals surface area contributed by atoms with Gasteiger partial charge in [-0.05, 0) is 47.1 Å². The highest BCUT2D eigenvalue weighted by atomic mass is 79.9. The molecule has 0 saturated carbocycles. The van der Waals surface area contributed by atoms with Crippen molar-refractivity contribution >= 4 is 48.9 Å². The summed E-state index contributed by atoms with van der Waals surface area (Å²) < 4.78 is 32.5. The van der Waals surface area contributed by atoms with Gasteiger partial charge in [0.1, 0.15) is 4.90 Å². The number of benzene rings is 1. The molecule has 0 aliphatic heterocycles. The zero-order valence-electron chi connectivity index (χ0n) is 11.2. The van der Waals surface area contributed by atoms with Gasteiger partial charge in [0.05, 0.1) is 16.5 Å². The molecule has 0 atom stereocenters. The number of hydrogen-bond acceptors (Lipinski definition) is 5. The highest BCUT2D eigenvalue weighted by Gasteiger charge is 2.20. The molecule has 8 heteroatoms. The van der Waals surface area contributed by atoms with Crippen LogP contribution in [-0.2, 0) is 14.8 Å². The first-order valence-corrected chi connectivity index (χ1v) is 8.90. The van der Waals surface area contributed by atoms with Crippen molar-refractivity contribution in [3.05, 3.63) is 44.6 Å². The molecular formula is C13H12BrNO4S2. The van der Waals surface area contributed by atoms with Crippen molar-refractivity contribution in [2.75, 3.05) is 11.8 Å². The monoisotopic (exact) mass is 389 g/mol. The number of aryl methyl sites for hydroxylation is 1. The van der Waals surface area contributed by atoms with E-state index in [0.717, 1.165) is 3.79 Å². The third kappa shape index (κ3) is 3.63. The number of ether oxygens (including phenoxy) is 1. The number of carbonyl (C=O) groups is 1. The predicted octanol–water partition coefficient (Wildman–Crippen LogP) is 3.41. The molecule has 0 unspecified atom stereocenters. The summed E-state index contributed by atoms with van der Waals surface area (Å²) in [6.07, 6.45) is 0. The molecule has 0 amide bonds. The smallest absolute Gasteiger partial charge is 0.337 e. The van der Waals surface area contributed by atoms with Crippen LogP contribution in [0.2, 0.25) is 0 Å². The zero-order valence-corrected chi connectivity index (χ0v) is 14.4. The van der Waals surface area contributed by atoms with Crippen LogP contribution >= 0.6 is 27.3 Å². The van der Waals surface area contributed by atoms with Gasteiger partial charge in [-0.1, -0.05) is 6.07 Å². The SMILES string of the molecule is COC(=O)c1cccc(NS(=O)(=O)c2cc(Br)sc2C)c1. The Morgan fingerprint density at radius 1 is 1.33 bits per heavy atom. The Hall–Kier alpha value is -1.38. The van der Waals surface area contributed by atoms with Gasteiger partial charge in [-0.3, -0.25) is 4.72 Å². The molecule has 1 aromatic heterocycles. The zero-order chi connectivity index (χ0) is 15.6. The fraction of sp³-hybridized carbons (Fsp3) is 0.154. The normalized spacial score (nSPS) is 11.2. The van der Waals surface area contributed by atoms with Crippen LogP contribution in [0.3, 0.4) is 0 Å². The third-order valence-electron chi connectivity index (χ3n) is 2.67. The highest BCUT2D eigenvalue weighted by Crippen LogP contribution is 2.30. The molecule has 2 aromatic rings. The topological polar surface area (TPSA) is 72.5 Å². The van der Waals surface area contributed by atoms with E-state index in [-0.39, 0.29) is 10.5 Å². The Bertz CT molecular complexity index is 783. The molecule has 0 spiro atoms. The summed E-state index contributed by atoms with van der Waals surface area (Å²) in [5.41, 5.74) is 0.584. The minimum absolute atomic E-state index is 0.211. The van der Waals surface area contributed by atoms with E-state index in [0.29, 0.717) is 10.6 Å². The largest absolute Gasteiger partial charge is 0.465 e. The number of methoxy groups -OCH3 is 1. The first-order valence-electron chi connectivity index (χ1n) is 5.80. The van der Waals surface area contributed by atoms with E-state index in [4.69, 9.17) is 0 Å². The maximum Gasteiger partial charge on any atom is 0.337 e. The van der Waals surface area contributed by atoms with Gasteiger partial charge >= 0.3 is 5.97 Å². The molecular weight excluding hydrogens is 378 g/mol. The molecule has 2 rings (SSSR count). The number of anilines is 1. The summed E-state index contributed by atoms with van der Waals surface area (Å²) in [7, 11) is -2.42. The van der Waals surface area contributed by atoms with E-state index in [1.54, 1.807) is 31.2 Å². The van der Waals surface area contributed by atoms with E-state index >= 15 is 0 Å². The summed E-state index contributed by atoms with van der Waals surface area (Å²) in [6.45, 7) is 1.73. The van der Waals surface area contributed by atoms with E-state index in [1.165, 1.54) is 24.5 Å². The molecule has 0 radical (unpaired) electrons.